The predicted molar refractivity (Wildman–Crippen MR) is 127 cm³/mol. The number of aromatic nitrogens is 2. The molecule has 0 saturated heterocycles. The van der Waals surface area contributed by atoms with Crippen molar-refractivity contribution in [2.75, 3.05) is 5.32 Å². The van der Waals surface area contributed by atoms with Crippen LogP contribution in [0.15, 0.2) is 70.6 Å². The molecule has 8 heteroatoms. The summed E-state index contributed by atoms with van der Waals surface area (Å²) in [7, 11) is 0. The first kappa shape index (κ1) is 22.7. The fraction of sp³-hybridized carbons (Fsp3) is 0.160. The SMILES string of the molecule is Cc1cccc(C)c1-n1c(SC(C)C(=O)Nc2cc(F)ccc2F)nc2ccccc2c1=O. The third kappa shape index (κ3) is 4.52. The first-order valence-corrected chi connectivity index (χ1v) is 11.1. The number of carbonyl (C=O) groups is 1. The number of nitrogens with one attached hydrogen (secondary N) is 1. The van der Waals surface area contributed by atoms with E-state index in [0.717, 1.165) is 41.1 Å². The van der Waals surface area contributed by atoms with Gasteiger partial charge in [-0.2, -0.15) is 0 Å². The Labute approximate surface area is 193 Å². The van der Waals surface area contributed by atoms with Gasteiger partial charge in [-0.05, 0) is 56.2 Å². The molecule has 1 heterocycles. The number of amides is 1. The summed E-state index contributed by atoms with van der Waals surface area (Å²) in [5.74, 6) is -1.94. The lowest BCUT2D eigenvalue weighted by Gasteiger charge is -2.19. The molecular formula is C25H21F2N3O2S. The normalized spacial score (nSPS) is 12.0. The van der Waals surface area contributed by atoms with E-state index in [0.29, 0.717) is 21.7 Å². The van der Waals surface area contributed by atoms with Crippen LogP contribution in [0.3, 0.4) is 0 Å². The molecule has 0 spiro atoms. The molecule has 4 aromatic rings. The summed E-state index contributed by atoms with van der Waals surface area (Å²) in [5.41, 5.74) is 2.49. The van der Waals surface area contributed by atoms with Crippen molar-refractivity contribution < 1.29 is 13.6 Å². The molecule has 4 rings (SSSR count). The van der Waals surface area contributed by atoms with Crippen LogP contribution in [-0.2, 0) is 4.79 Å². The van der Waals surface area contributed by atoms with Crippen LogP contribution in [0.5, 0.6) is 0 Å². The summed E-state index contributed by atoms with van der Waals surface area (Å²) in [6.07, 6.45) is 0. The second kappa shape index (κ2) is 9.15. The molecule has 0 saturated carbocycles. The minimum Gasteiger partial charge on any atom is -0.323 e. The van der Waals surface area contributed by atoms with Gasteiger partial charge >= 0.3 is 0 Å². The number of rotatable bonds is 5. The van der Waals surface area contributed by atoms with Gasteiger partial charge < -0.3 is 5.32 Å². The Morgan fingerprint density at radius 2 is 1.73 bits per heavy atom. The molecule has 1 amide bonds. The topological polar surface area (TPSA) is 64.0 Å². The Kier molecular flexibility index (Phi) is 6.29. The average molecular weight is 466 g/mol. The molecular weight excluding hydrogens is 444 g/mol. The molecule has 1 unspecified atom stereocenters. The van der Waals surface area contributed by atoms with E-state index in [1.807, 2.05) is 32.0 Å². The van der Waals surface area contributed by atoms with Gasteiger partial charge in [-0.25, -0.2) is 13.8 Å². The Hall–Kier alpha value is -3.52. The molecule has 1 N–H and O–H groups in total. The zero-order valence-corrected chi connectivity index (χ0v) is 19.0. The van der Waals surface area contributed by atoms with Crippen LogP contribution in [0, 0.1) is 25.5 Å². The number of anilines is 1. The molecule has 0 aliphatic heterocycles. The summed E-state index contributed by atoms with van der Waals surface area (Å²) in [5, 5.41) is 2.45. The molecule has 0 fully saturated rings. The van der Waals surface area contributed by atoms with Gasteiger partial charge in [-0.3, -0.25) is 14.2 Å². The highest BCUT2D eigenvalue weighted by Gasteiger charge is 2.22. The smallest absolute Gasteiger partial charge is 0.266 e. The maximum absolute atomic E-state index is 14.0. The van der Waals surface area contributed by atoms with E-state index in [4.69, 9.17) is 0 Å². The standard InChI is InChI=1S/C25H21F2N3O2S/c1-14-7-6-8-15(2)22(14)30-24(32)18-9-4-5-10-20(18)29-25(30)33-16(3)23(31)28-21-13-17(26)11-12-19(21)27/h4-13,16H,1-3H3,(H,28,31). The fourth-order valence-electron chi connectivity index (χ4n) is 3.59. The van der Waals surface area contributed by atoms with E-state index in [1.165, 1.54) is 4.57 Å². The summed E-state index contributed by atoms with van der Waals surface area (Å²) < 4.78 is 29.0. The van der Waals surface area contributed by atoms with Gasteiger partial charge in [0.1, 0.15) is 11.6 Å². The van der Waals surface area contributed by atoms with E-state index in [-0.39, 0.29) is 11.2 Å². The van der Waals surface area contributed by atoms with Crippen molar-refractivity contribution in [3.05, 3.63) is 93.8 Å². The van der Waals surface area contributed by atoms with E-state index in [2.05, 4.69) is 10.3 Å². The number of para-hydroxylation sites is 2. The van der Waals surface area contributed by atoms with Gasteiger partial charge in [0.25, 0.3) is 5.56 Å². The van der Waals surface area contributed by atoms with Crippen molar-refractivity contribution in [2.24, 2.45) is 0 Å². The van der Waals surface area contributed by atoms with Crippen LogP contribution in [0.1, 0.15) is 18.1 Å². The molecule has 5 nitrogen and oxygen atoms in total. The first-order valence-electron chi connectivity index (χ1n) is 10.3. The predicted octanol–water partition coefficient (Wildman–Crippen LogP) is 5.40. The summed E-state index contributed by atoms with van der Waals surface area (Å²) in [6.45, 7) is 5.43. The third-order valence-electron chi connectivity index (χ3n) is 5.25. The van der Waals surface area contributed by atoms with Crippen LogP contribution < -0.4 is 10.9 Å². The van der Waals surface area contributed by atoms with Crippen molar-refractivity contribution >= 4 is 34.3 Å². The molecule has 168 valence electrons. The number of nitrogens with zero attached hydrogens (tertiary/aromatic N) is 2. The van der Waals surface area contributed by atoms with Crippen molar-refractivity contribution in [1.82, 2.24) is 9.55 Å². The van der Waals surface area contributed by atoms with E-state index < -0.39 is 22.8 Å². The highest BCUT2D eigenvalue weighted by molar-refractivity contribution is 8.00. The van der Waals surface area contributed by atoms with Crippen LogP contribution in [0.2, 0.25) is 0 Å². The summed E-state index contributed by atoms with van der Waals surface area (Å²) in [4.78, 5) is 30.9. The lowest BCUT2D eigenvalue weighted by molar-refractivity contribution is -0.115. The number of hydrogen-bond donors (Lipinski definition) is 1. The average Bonchev–Trinajstić information content (AvgIpc) is 2.78. The molecule has 3 aromatic carbocycles. The van der Waals surface area contributed by atoms with Crippen molar-refractivity contribution in [1.29, 1.82) is 0 Å². The van der Waals surface area contributed by atoms with E-state index in [9.17, 15) is 18.4 Å². The number of carbonyl (C=O) groups excluding carboxylic acids is 1. The Morgan fingerprint density at radius 3 is 2.45 bits per heavy atom. The fourth-order valence-corrected chi connectivity index (χ4v) is 4.50. The van der Waals surface area contributed by atoms with E-state index in [1.54, 1.807) is 31.2 Å². The van der Waals surface area contributed by atoms with E-state index >= 15 is 0 Å². The second-order valence-corrected chi connectivity index (χ2v) is 8.97. The maximum atomic E-state index is 14.0. The van der Waals surface area contributed by atoms with Gasteiger partial charge in [-0.1, -0.05) is 42.1 Å². The Bertz CT molecular complexity index is 1420. The van der Waals surface area contributed by atoms with Crippen LogP contribution >= 0.6 is 11.8 Å². The summed E-state index contributed by atoms with van der Waals surface area (Å²) in [6, 6.07) is 15.6. The number of hydrogen-bond acceptors (Lipinski definition) is 4. The van der Waals surface area contributed by atoms with Crippen LogP contribution in [-0.4, -0.2) is 20.7 Å². The Morgan fingerprint density at radius 1 is 1.03 bits per heavy atom. The van der Waals surface area contributed by atoms with Crippen molar-refractivity contribution in [3.8, 4) is 5.69 Å². The largest absolute Gasteiger partial charge is 0.323 e. The minimum atomic E-state index is -0.753. The minimum absolute atomic E-state index is 0.244. The molecule has 0 aliphatic carbocycles. The lowest BCUT2D eigenvalue weighted by atomic mass is 10.1. The first-order chi connectivity index (χ1) is 15.8. The number of halogens is 2. The monoisotopic (exact) mass is 465 g/mol. The zero-order chi connectivity index (χ0) is 23.7. The highest BCUT2D eigenvalue weighted by Crippen LogP contribution is 2.28. The van der Waals surface area contributed by atoms with Gasteiger partial charge in [0.15, 0.2) is 5.16 Å². The van der Waals surface area contributed by atoms with Crippen LogP contribution in [0.25, 0.3) is 16.6 Å². The quantitative estimate of drug-likeness (QED) is 0.317. The second-order valence-electron chi connectivity index (χ2n) is 7.67. The van der Waals surface area contributed by atoms with Crippen LogP contribution in [0.4, 0.5) is 14.5 Å². The van der Waals surface area contributed by atoms with Gasteiger partial charge in [-0.15, -0.1) is 0 Å². The molecule has 1 aromatic heterocycles. The molecule has 0 radical (unpaired) electrons. The lowest BCUT2D eigenvalue weighted by Crippen LogP contribution is -2.27. The number of fused-ring (bicyclic) bond motifs is 1. The number of benzene rings is 3. The van der Waals surface area contributed by atoms with Gasteiger partial charge in [0.2, 0.25) is 5.91 Å². The summed E-state index contributed by atoms with van der Waals surface area (Å²) >= 11 is 1.07. The van der Waals surface area contributed by atoms with Gasteiger partial charge in [0, 0.05) is 6.07 Å². The van der Waals surface area contributed by atoms with Crippen molar-refractivity contribution in [2.45, 2.75) is 31.2 Å². The van der Waals surface area contributed by atoms with Gasteiger partial charge in [0.05, 0.1) is 27.5 Å². The maximum Gasteiger partial charge on any atom is 0.266 e. The number of aryl methyl sites for hydroxylation is 2. The third-order valence-corrected chi connectivity index (χ3v) is 6.30. The molecule has 0 aliphatic rings. The number of thioether (sulfide) groups is 1. The zero-order valence-electron chi connectivity index (χ0n) is 18.2. The molecule has 1 atom stereocenters. The highest BCUT2D eigenvalue weighted by atomic mass is 32.2. The van der Waals surface area contributed by atoms with Crippen molar-refractivity contribution in [3.63, 3.8) is 0 Å². The molecule has 0 bridgehead atoms. The molecule has 33 heavy (non-hydrogen) atoms. The Balaban J connectivity index is 1.77.